The number of hydrogen-bond acceptors (Lipinski definition) is 5. The normalized spacial score (nSPS) is 20.1. The number of Topliss-reactive ketones (excluding diaryl/α,β-unsaturated/α-hetero) is 1. The first kappa shape index (κ1) is 16.4. The first-order chi connectivity index (χ1) is 11.4. The van der Waals surface area contributed by atoms with Crippen LogP contribution in [0.5, 0.6) is 0 Å². The maximum absolute atomic E-state index is 12.5. The number of fused-ring (bicyclic) bond motifs is 1. The number of carbonyl (C=O) groups excluding carboxylic acids is 2. The Labute approximate surface area is 139 Å². The van der Waals surface area contributed by atoms with Crippen molar-refractivity contribution in [2.75, 3.05) is 5.75 Å². The fraction of sp³-hybridized carbons (Fsp3) is 0.294. The summed E-state index contributed by atoms with van der Waals surface area (Å²) >= 11 is 0. The van der Waals surface area contributed by atoms with Crippen LogP contribution in [-0.2, 0) is 19.4 Å². The molecular weight excluding hydrogens is 330 g/mol. The zero-order valence-corrected chi connectivity index (χ0v) is 13.9. The lowest BCUT2D eigenvalue weighted by Crippen LogP contribution is -2.25. The van der Waals surface area contributed by atoms with Crippen molar-refractivity contribution in [2.45, 2.75) is 19.4 Å². The molecule has 0 spiro atoms. The topological polar surface area (TPSA) is 93.3 Å². The second kappa shape index (κ2) is 6.24. The van der Waals surface area contributed by atoms with E-state index in [1.807, 2.05) is 24.3 Å². The quantitative estimate of drug-likeness (QED) is 0.661. The molecule has 0 saturated heterocycles. The van der Waals surface area contributed by atoms with Gasteiger partial charge in [0.2, 0.25) is 5.78 Å². The van der Waals surface area contributed by atoms with Crippen molar-refractivity contribution in [3.8, 4) is 0 Å². The van der Waals surface area contributed by atoms with Gasteiger partial charge in [-0.25, -0.2) is 8.42 Å². The first-order valence-corrected chi connectivity index (χ1v) is 9.28. The Balaban J connectivity index is 1.64. The number of rotatable bonds is 5. The summed E-state index contributed by atoms with van der Waals surface area (Å²) in [5, 5.41) is 1.89. The van der Waals surface area contributed by atoms with Gasteiger partial charge in [0.15, 0.2) is 15.9 Å². The molecule has 0 saturated carbocycles. The average Bonchev–Trinajstić information content (AvgIpc) is 3.09. The molecule has 0 radical (unpaired) electrons. The molecule has 0 bridgehead atoms. The van der Waals surface area contributed by atoms with Gasteiger partial charge in [0.25, 0.3) is 0 Å². The second-order valence-corrected chi connectivity index (χ2v) is 7.80. The molecule has 0 fully saturated rings. The summed E-state index contributed by atoms with van der Waals surface area (Å²) in [6, 6.07) is 7.37. The second-order valence-electron chi connectivity index (χ2n) is 5.87. The molecule has 0 unspecified atom stereocenters. The van der Waals surface area contributed by atoms with E-state index in [9.17, 15) is 18.0 Å². The van der Waals surface area contributed by atoms with E-state index in [-0.39, 0.29) is 18.0 Å². The van der Waals surface area contributed by atoms with Crippen LogP contribution in [0.2, 0.25) is 0 Å². The number of ether oxygens (including phenoxy) is 1. The predicted octanol–water partition coefficient (Wildman–Crippen LogP) is 2.23. The van der Waals surface area contributed by atoms with Crippen LogP contribution in [0.3, 0.4) is 0 Å². The number of sulfone groups is 1. The smallest absolute Gasteiger partial charge is 0.307 e. The van der Waals surface area contributed by atoms with Crippen LogP contribution in [0.15, 0.2) is 41.9 Å². The van der Waals surface area contributed by atoms with Crippen molar-refractivity contribution in [3.63, 3.8) is 0 Å². The molecule has 7 heteroatoms. The van der Waals surface area contributed by atoms with Crippen molar-refractivity contribution in [3.05, 3.63) is 47.5 Å². The van der Waals surface area contributed by atoms with Gasteiger partial charge in [0, 0.05) is 34.0 Å². The van der Waals surface area contributed by atoms with Crippen molar-refractivity contribution in [2.24, 2.45) is 5.92 Å². The van der Waals surface area contributed by atoms with Crippen LogP contribution >= 0.6 is 0 Å². The average molecular weight is 347 g/mol. The molecule has 1 aromatic heterocycles. The molecule has 3 rings (SSSR count). The number of esters is 1. The minimum Gasteiger partial charge on any atom is -0.454 e. The van der Waals surface area contributed by atoms with Gasteiger partial charge in [-0.2, -0.15) is 0 Å². The lowest BCUT2D eigenvalue weighted by molar-refractivity contribution is -0.146. The van der Waals surface area contributed by atoms with Gasteiger partial charge in [0.05, 0.1) is 12.2 Å². The summed E-state index contributed by atoms with van der Waals surface area (Å²) in [4.78, 5) is 27.4. The van der Waals surface area contributed by atoms with Gasteiger partial charge >= 0.3 is 5.97 Å². The molecule has 24 heavy (non-hydrogen) atoms. The number of nitrogens with one attached hydrogen (secondary N) is 1. The highest BCUT2D eigenvalue weighted by molar-refractivity contribution is 7.94. The molecule has 2 atom stereocenters. The van der Waals surface area contributed by atoms with E-state index >= 15 is 0 Å². The zero-order chi connectivity index (χ0) is 17.3. The predicted molar refractivity (Wildman–Crippen MR) is 89.2 cm³/mol. The minimum atomic E-state index is -3.21. The molecule has 126 valence electrons. The third kappa shape index (κ3) is 3.41. The van der Waals surface area contributed by atoms with Crippen LogP contribution in [0.4, 0.5) is 0 Å². The molecule has 1 aliphatic heterocycles. The highest BCUT2D eigenvalue weighted by Crippen LogP contribution is 2.22. The summed E-state index contributed by atoms with van der Waals surface area (Å²) in [5.41, 5.74) is 1.30. The first-order valence-electron chi connectivity index (χ1n) is 7.56. The van der Waals surface area contributed by atoms with Crippen LogP contribution in [-0.4, -0.2) is 37.0 Å². The Morgan fingerprint density at radius 3 is 2.79 bits per heavy atom. The maximum Gasteiger partial charge on any atom is 0.307 e. The van der Waals surface area contributed by atoms with E-state index in [1.165, 1.54) is 13.0 Å². The fourth-order valence-corrected chi connectivity index (χ4v) is 4.17. The Kier molecular flexibility index (Phi) is 4.28. The van der Waals surface area contributed by atoms with E-state index in [1.54, 1.807) is 6.20 Å². The SMILES string of the molecule is C[C@H](OC(=O)C[C@@H]1C=CS(=O)(=O)C1)C(=O)c1c[nH]c2ccccc12. The molecule has 1 aliphatic rings. The Hall–Kier alpha value is -2.41. The van der Waals surface area contributed by atoms with Crippen LogP contribution in [0.25, 0.3) is 10.9 Å². The van der Waals surface area contributed by atoms with Gasteiger partial charge < -0.3 is 9.72 Å². The van der Waals surface area contributed by atoms with Crippen molar-refractivity contribution in [1.29, 1.82) is 0 Å². The summed E-state index contributed by atoms with van der Waals surface area (Å²) in [6.07, 6.45) is 2.10. The molecule has 2 aromatic rings. The maximum atomic E-state index is 12.5. The van der Waals surface area contributed by atoms with E-state index in [0.717, 1.165) is 16.3 Å². The zero-order valence-electron chi connectivity index (χ0n) is 13.1. The third-order valence-corrected chi connectivity index (χ3v) is 5.43. The Morgan fingerprint density at radius 1 is 1.33 bits per heavy atom. The van der Waals surface area contributed by atoms with E-state index < -0.39 is 27.8 Å². The van der Waals surface area contributed by atoms with Crippen LogP contribution in [0.1, 0.15) is 23.7 Å². The fourth-order valence-electron chi connectivity index (χ4n) is 2.77. The number of allylic oxidation sites excluding steroid dienone is 1. The molecule has 1 N–H and O–H groups in total. The summed E-state index contributed by atoms with van der Waals surface area (Å²) in [6.45, 7) is 1.52. The molecule has 1 aromatic carbocycles. The van der Waals surface area contributed by atoms with Gasteiger partial charge in [-0.3, -0.25) is 9.59 Å². The monoisotopic (exact) mass is 347 g/mol. The number of H-pyrrole nitrogens is 1. The Bertz CT molecular complexity index is 925. The molecule has 0 amide bonds. The third-order valence-electron chi connectivity index (χ3n) is 3.97. The van der Waals surface area contributed by atoms with Gasteiger partial charge in [0.1, 0.15) is 0 Å². The minimum absolute atomic E-state index is 0.0543. The van der Waals surface area contributed by atoms with Crippen molar-refractivity contribution >= 4 is 32.5 Å². The van der Waals surface area contributed by atoms with Crippen LogP contribution in [0, 0.1) is 5.92 Å². The lowest BCUT2D eigenvalue weighted by atomic mass is 10.1. The number of aromatic nitrogens is 1. The molecule has 2 heterocycles. The lowest BCUT2D eigenvalue weighted by Gasteiger charge is -2.13. The highest BCUT2D eigenvalue weighted by Gasteiger charge is 2.27. The Morgan fingerprint density at radius 2 is 2.08 bits per heavy atom. The number of carbonyl (C=O) groups is 2. The molecule has 6 nitrogen and oxygen atoms in total. The number of aromatic amines is 1. The van der Waals surface area contributed by atoms with Gasteiger partial charge in [-0.15, -0.1) is 0 Å². The standard InChI is InChI=1S/C17H17NO5S/c1-11(23-16(19)8-12-6-7-24(21,22)10-12)17(20)14-9-18-15-5-3-2-4-13(14)15/h2-7,9,11-12,18H,8,10H2,1H3/t11-,12-/m0/s1. The molecular formula is C17H17NO5S. The van der Waals surface area contributed by atoms with E-state index in [0.29, 0.717) is 5.56 Å². The number of benzene rings is 1. The number of para-hydroxylation sites is 1. The van der Waals surface area contributed by atoms with Gasteiger partial charge in [-0.05, 0) is 13.0 Å². The summed E-state index contributed by atoms with van der Waals surface area (Å²) in [5.74, 6) is -1.36. The molecule has 0 aliphatic carbocycles. The van der Waals surface area contributed by atoms with Crippen LogP contribution < -0.4 is 0 Å². The largest absolute Gasteiger partial charge is 0.454 e. The van der Waals surface area contributed by atoms with Crippen molar-refractivity contribution < 1.29 is 22.7 Å². The van der Waals surface area contributed by atoms with E-state index in [2.05, 4.69) is 4.98 Å². The van der Waals surface area contributed by atoms with Gasteiger partial charge in [-0.1, -0.05) is 24.3 Å². The number of ketones is 1. The number of hydrogen-bond donors (Lipinski definition) is 1. The highest BCUT2D eigenvalue weighted by atomic mass is 32.2. The van der Waals surface area contributed by atoms with E-state index in [4.69, 9.17) is 4.74 Å². The van der Waals surface area contributed by atoms with Crippen molar-refractivity contribution in [1.82, 2.24) is 4.98 Å². The summed E-state index contributed by atoms with van der Waals surface area (Å²) in [7, 11) is -3.21. The summed E-state index contributed by atoms with van der Waals surface area (Å²) < 4.78 is 27.9.